The Hall–Kier alpha value is -1.46. The SMILES string of the molecule is CCOC(CCNc1ccc(OC)cc1OC)OCC. The maximum Gasteiger partial charge on any atom is 0.159 e. The molecule has 0 amide bonds. The van der Waals surface area contributed by atoms with E-state index in [-0.39, 0.29) is 6.29 Å². The molecule has 0 atom stereocenters. The maximum absolute atomic E-state index is 5.50. The van der Waals surface area contributed by atoms with Gasteiger partial charge in [0.15, 0.2) is 6.29 Å². The predicted octanol–water partition coefficient (Wildman–Crippen LogP) is 2.90. The van der Waals surface area contributed by atoms with Gasteiger partial charge in [0, 0.05) is 32.2 Å². The Morgan fingerprint density at radius 2 is 1.75 bits per heavy atom. The summed E-state index contributed by atoms with van der Waals surface area (Å²) in [5, 5.41) is 3.32. The lowest BCUT2D eigenvalue weighted by molar-refractivity contribution is -0.137. The van der Waals surface area contributed by atoms with Crippen LogP contribution in [0.5, 0.6) is 11.5 Å². The first-order chi connectivity index (χ1) is 9.74. The predicted molar refractivity (Wildman–Crippen MR) is 79.7 cm³/mol. The molecule has 0 unspecified atom stereocenters. The molecule has 0 aliphatic heterocycles. The van der Waals surface area contributed by atoms with Crippen LogP contribution in [0.15, 0.2) is 18.2 Å². The second-order valence-corrected chi connectivity index (χ2v) is 4.12. The third-order valence-electron chi connectivity index (χ3n) is 2.81. The van der Waals surface area contributed by atoms with Crippen molar-refractivity contribution in [3.05, 3.63) is 18.2 Å². The zero-order chi connectivity index (χ0) is 14.8. The summed E-state index contributed by atoms with van der Waals surface area (Å²) in [6, 6.07) is 5.69. The Kier molecular flexibility index (Phi) is 7.84. The number of nitrogens with one attached hydrogen (secondary N) is 1. The molecule has 0 bridgehead atoms. The van der Waals surface area contributed by atoms with E-state index in [0.717, 1.165) is 30.2 Å². The van der Waals surface area contributed by atoms with E-state index in [4.69, 9.17) is 18.9 Å². The molecule has 0 radical (unpaired) electrons. The zero-order valence-electron chi connectivity index (χ0n) is 12.8. The van der Waals surface area contributed by atoms with Crippen molar-refractivity contribution < 1.29 is 18.9 Å². The van der Waals surface area contributed by atoms with Crippen molar-refractivity contribution in [2.24, 2.45) is 0 Å². The van der Waals surface area contributed by atoms with Crippen molar-refractivity contribution in [2.45, 2.75) is 26.6 Å². The highest BCUT2D eigenvalue weighted by atomic mass is 16.7. The quantitative estimate of drug-likeness (QED) is 0.669. The van der Waals surface area contributed by atoms with Crippen LogP contribution in [0, 0.1) is 0 Å². The van der Waals surface area contributed by atoms with E-state index < -0.39 is 0 Å². The van der Waals surface area contributed by atoms with Gasteiger partial charge in [-0.15, -0.1) is 0 Å². The third kappa shape index (κ3) is 5.27. The van der Waals surface area contributed by atoms with E-state index in [1.165, 1.54) is 0 Å². The number of methoxy groups -OCH3 is 2. The van der Waals surface area contributed by atoms with Crippen LogP contribution in [0.1, 0.15) is 20.3 Å². The highest BCUT2D eigenvalue weighted by Crippen LogP contribution is 2.28. The van der Waals surface area contributed by atoms with Gasteiger partial charge in [-0.1, -0.05) is 0 Å². The average Bonchev–Trinajstić information content (AvgIpc) is 2.48. The number of benzene rings is 1. The van der Waals surface area contributed by atoms with Gasteiger partial charge in [0.1, 0.15) is 11.5 Å². The van der Waals surface area contributed by atoms with Crippen molar-refractivity contribution in [1.82, 2.24) is 0 Å². The summed E-state index contributed by atoms with van der Waals surface area (Å²) in [6.45, 7) is 5.97. The summed E-state index contributed by atoms with van der Waals surface area (Å²) in [5.41, 5.74) is 0.931. The molecule has 5 heteroatoms. The monoisotopic (exact) mass is 283 g/mol. The van der Waals surface area contributed by atoms with Crippen molar-refractivity contribution in [3.63, 3.8) is 0 Å². The van der Waals surface area contributed by atoms with Gasteiger partial charge >= 0.3 is 0 Å². The van der Waals surface area contributed by atoms with Crippen LogP contribution >= 0.6 is 0 Å². The van der Waals surface area contributed by atoms with Crippen LogP contribution in [0.3, 0.4) is 0 Å². The average molecular weight is 283 g/mol. The maximum atomic E-state index is 5.50. The van der Waals surface area contributed by atoms with Crippen LogP contribution in [-0.4, -0.2) is 40.3 Å². The van der Waals surface area contributed by atoms with Gasteiger partial charge in [-0.3, -0.25) is 0 Å². The second-order valence-electron chi connectivity index (χ2n) is 4.12. The van der Waals surface area contributed by atoms with E-state index in [2.05, 4.69) is 5.32 Å². The van der Waals surface area contributed by atoms with Crippen molar-refractivity contribution in [2.75, 3.05) is 39.3 Å². The molecule has 5 nitrogen and oxygen atoms in total. The molecule has 0 saturated heterocycles. The van der Waals surface area contributed by atoms with E-state index in [0.29, 0.717) is 13.2 Å². The Balaban J connectivity index is 2.51. The van der Waals surface area contributed by atoms with Gasteiger partial charge in [0.05, 0.1) is 19.9 Å². The minimum Gasteiger partial charge on any atom is -0.497 e. The number of ether oxygens (including phenoxy) is 4. The standard InChI is InChI=1S/C15H25NO4/c1-5-19-15(20-6-2)9-10-16-13-8-7-12(17-3)11-14(13)18-4/h7-8,11,15-16H,5-6,9-10H2,1-4H3. The lowest BCUT2D eigenvalue weighted by atomic mass is 10.2. The molecule has 1 N–H and O–H groups in total. The first-order valence-electron chi connectivity index (χ1n) is 6.94. The molecular formula is C15H25NO4. The van der Waals surface area contributed by atoms with Gasteiger partial charge in [0.2, 0.25) is 0 Å². The Labute approximate surface area is 121 Å². The second kappa shape index (κ2) is 9.44. The van der Waals surface area contributed by atoms with Gasteiger partial charge in [0.25, 0.3) is 0 Å². The van der Waals surface area contributed by atoms with E-state index in [1.807, 2.05) is 32.0 Å². The van der Waals surface area contributed by atoms with Crippen LogP contribution in [0.4, 0.5) is 5.69 Å². The van der Waals surface area contributed by atoms with Crippen LogP contribution < -0.4 is 14.8 Å². The molecule has 1 aromatic carbocycles. The molecule has 0 heterocycles. The fraction of sp³-hybridized carbons (Fsp3) is 0.600. The molecule has 1 rings (SSSR count). The highest BCUT2D eigenvalue weighted by molar-refractivity contribution is 5.59. The normalized spacial score (nSPS) is 10.7. The van der Waals surface area contributed by atoms with Crippen LogP contribution in [-0.2, 0) is 9.47 Å². The van der Waals surface area contributed by atoms with Crippen molar-refractivity contribution in [3.8, 4) is 11.5 Å². The Morgan fingerprint density at radius 1 is 1.05 bits per heavy atom. The molecule has 20 heavy (non-hydrogen) atoms. The number of rotatable bonds is 10. The minimum atomic E-state index is -0.165. The lowest BCUT2D eigenvalue weighted by Crippen LogP contribution is -2.21. The number of anilines is 1. The largest absolute Gasteiger partial charge is 0.497 e. The third-order valence-corrected chi connectivity index (χ3v) is 2.81. The zero-order valence-corrected chi connectivity index (χ0v) is 12.8. The highest BCUT2D eigenvalue weighted by Gasteiger charge is 2.09. The smallest absolute Gasteiger partial charge is 0.159 e. The summed E-state index contributed by atoms with van der Waals surface area (Å²) in [4.78, 5) is 0. The first-order valence-corrected chi connectivity index (χ1v) is 6.94. The molecule has 1 aromatic rings. The summed E-state index contributed by atoms with van der Waals surface area (Å²) >= 11 is 0. The van der Waals surface area contributed by atoms with Crippen LogP contribution in [0.2, 0.25) is 0 Å². The lowest BCUT2D eigenvalue weighted by Gasteiger charge is -2.18. The summed E-state index contributed by atoms with van der Waals surface area (Å²) < 4.78 is 21.5. The van der Waals surface area contributed by atoms with Gasteiger partial charge in [-0.25, -0.2) is 0 Å². The van der Waals surface area contributed by atoms with Crippen molar-refractivity contribution >= 4 is 5.69 Å². The topological polar surface area (TPSA) is 49.0 Å². The summed E-state index contributed by atoms with van der Waals surface area (Å²) in [6.07, 6.45) is 0.610. The summed E-state index contributed by atoms with van der Waals surface area (Å²) in [7, 11) is 3.28. The van der Waals surface area contributed by atoms with Gasteiger partial charge in [-0.05, 0) is 26.0 Å². The van der Waals surface area contributed by atoms with E-state index in [9.17, 15) is 0 Å². The number of hydrogen-bond acceptors (Lipinski definition) is 5. The molecule has 114 valence electrons. The van der Waals surface area contributed by atoms with E-state index in [1.54, 1.807) is 14.2 Å². The fourth-order valence-electron chi connectivity index (χ4n) is 1.86. The van der Waals surface area contributed by atoms with Gasteiger partial charge < -0.3 is 24.3 Å². The van der Waals surface area contributed by atoms with Crippen LogP contribution in [0.25, 0.3) is 0 Å². The van der Waals surface area contributed by atoms with Crippen molar-refractivity contribution in [1.29, 1.82) is 0 Å². The number of hydrogen-bond donors (Lipinski definition) is 1. The molecule has 0 saturated carbocycles. The first kappa shape index (κ1) is 16.6. The van der Waals surface area contributed by atoms with E-state index >= 15 is 0 Å². The molecule has 0 aliphatic rings. The Bertz CT molecular complexity index is 378. The molecular weight excluding hydrogens is 258 g/mol. The Morgan fingerprint density at radius 3 is 2.30 bits per heavy atom. The fourth-order valence-corrected chi connectivity index (χ4v) is 1.86. The molecule has 0 aliphatic carbocycles. The van der Waals surface area contributed by atoms with Gasteiger partial charge in [-0.2, -0.15) is 0 Å². The summed E-state index contributed by atoms with van der Waals surface area (Å²) in [5.74, 6) is 1.53. The molecule has 0 spiro atoms. The minimum absolute atomic E-state index is 0.165. The molecule has 0 fully saturated rings. The molecule has 0 aromatic heterocycles.